The molecule has 0 spiro atoms. The number of rotatable bonds is 4. The van der Waals surface area contributed by atoms with Crippen LogP contribution in [0.25, 0.3) is 33.0 Å². The number of fused-ring (bicyclic) bond motifs is 1. The zero-order valence-electron chi connectivity index (χ0n) is 12.2. The van der Waals surface area contributed by atoms with Gasteiger partial charge in [0.25, 0.3) is 0 Å². The first kappa shape index (κ1) is 14.0. The highest BCUT2D eigenvalue weighted by Crippen LogP contribution is 2.37. The van der Waals surface area contributed by atoms with Crippen LogP contribution in [-0.2, 0) is 6.54 Å². The van der Waals surface area contributed by atoms with Gasteiger partial charge in [0.2, 0.25) is 0 Å². The number of aromatic nitrogens is 4. The predicted molar refractivity (Wildman–Crippen MR) is 92.1 cm³/mol. The minimum atomic E-state index is -0.0185. The second-order valence-corrected chi connectivity index (χ2v) is 6.08. The Bertz CT molecular complexity index is 921. The summed E-state index contributed by atoms with van der Waals surface area (Å²) in [4.78, 5) is 8.97. The van der Waals surface area contributed by atoms with Gasteiger partial charge in [-0.05, 0) is 23.6 Å². The average molecular weight is 325 g/mol. The number of aliphatic hydroxyl groups excluding tert-OH is 1. The van der Waals surface area contributed by atoms with Crippen molar-refractivity contribution in [3.05, 3.63) is 41.8 Å². The SMILES string of the molecule is Nc1c(-c2nc3ccccc3[nH]2)c(-c2cccs2)nn1CCO. The monoisotopic (exact) mass is 325 g/mol. The van der Waals surface area contributed by atoms with Crippen molar-refractivity contribution >= 4 is 28.2 Å². The third-order valence-electron chi connectivity index (χ3n) is 3.68. The lowest BCUT2D eigenvalue weighted by molar-refractivity contribution is 0.270. The number of thiophene rings is 1. The molecule has 0 saturated heterocycles. The standard InChI is InChI=1S/C16H15N5OS/c17-15-13(16-18-10-4-1-2-5-11(10)19-16)14(12-6-3-9-23-12)20-21(15)7-8-22/h1-6,9,22H,7-8,17H2,(H,18,19). The number of hydrogen-bond donors (Lipinski definition) is 3. The summed E-state index contributed by atoms with van der Waals surface area (Å²) in [5.74, 6) is 1.19. The van der Waals surface area contributed by atoms with Crippen LogP contribution in [-0.4, -0.2) is 31.5 Å². The normalized spacial score (nSPS) is 11.3. The smallest absolute Gasteiger partial charge is 0.144 e. The zero-order valence-corrected chi connectivity index (χ0v) is 13.0. The first-order valence-corrected chi connectivity index (χ1v) is 8.12. The molecule has 4 aromatic rings. The molecule has 1 aromatic carbocycles. The number of nitrogens with one attached hydrogen (secondary N) is 1. The van der Waals surface area contributed by atoms with Crippen molar-refractivity contribution in [2.75, 3.05) is 12.3 Å². The van der Waals surface area contributed by atoms with Crippen LogP contribution in [0.1, 0.15) is 0 Å². The molecule has 0 fully saturated rings. The molecule has 6 nitrogen and oxygen atoms in total. The van der Waals surface area contributed by atoms with Gasteiger partial charge in [-0.25, -0.2) is 9.67 Å². The molecular weight excluding hydrogens is 310 g/mol. The van der Waals surface area contributed by atoms with Crippen LogP contribution >= 0.6 is 11.3 Å². The maximum atomic E-state index is 9.22. The summed E-state index contributed by atoms with van der Waals surface area (Å²) in [5.41, 5.74) is 9.68. The lowest BCUT2D eigenvalue weighted by atomic mass is 10.2. The number of benzene rings is 1. The number of anilines is 1. The molecule has 0 radical (unpaired) electrons. The van der Waals surface area contributed by atoms with E-state index in [1.165, 1.54) is 0 Å². The Morgan fingerprint density at radius 3 is 2.83 bits per heavy atom. The molecule has 0 aliphatic heterocycles. The number of imidazole rings is 1. The minimum Gasteiger partial charge on any atom is -0.394 e. The molecule has 4 rings (SSSR count). The molecule has 0 aliphatic carbocycles. The fraction of sp³-hybridized carbons (Fsp3) is 0.125. The van der Waals surface area contributed by atoms with Crippen LogP contribution in [0, 0.1) is 0 Å². The number of nitrogen functional groups attached to an aromatic ring is 1. The van der Waals surface area contributed by atoms with Gasteiger partial charge < -0.3 is 15.8 Å². The highest BCUT2D eigenvalue weighted by atomic mass is 32.1. The lowest BCUT2D eigenvalue weighted by Gasteiger charge is -2.01. The van der Waals surface area contributed by atoms with Crippen molar-refractivity contribution in [2.45, 2.75) is 6.54 Å². The number of nitrogens with zero attached hydrogens (tertiary/aromatic N) is 3. The summed E-state index contributed by atoms with van der Waals surface area (Å²) in [6.07, 6.45) is 0. The maximum Gasteiger partial charge on any atom is 0.144 e. The van der Waals surface area contributed by atoms with Gasteiger partial charge >= 0.3 is 0 Å². The molecule has 0 aliphatic rings. The topological polar surface area (TPSA) is 92.8 Å². The van der Waals surface area contributed by atoms with E-state index in [0.717, 1.165) is 27.2 Å². The molecule has 7 heteroatoms. The summed E-state index contributed by atoms with van der Waals surface area (Å²) in [6, 6.07) is 11.8. The van der Waals surface area contributed by atoms with Gasteiger partial charge in [-0.15, -0.1) is 11.3 Å². The highest BCUT2D eigenvalue weighted by Gasteiger charge is 2.21. The Labute approximate surface area is 136 Å². The quantitative estimate of drug-likeness (QED) is 0.538. The first-order valence-electron chi connectivity index (χ1n) is 7.24. The second-order valence-electron chi connectivity index (χ2n) is 5.14. The van der Waals surface area contributed by atoms with E-state index in [4.69, 9.17) is 5.73 Å². The fourth-order valence-electron chi connectivity index (χ4n) is 2.63. The molecule has 0 saturated carbocycles. The third kappa shape index (κ3) is 2.30. The number of para-hydroxylation sites is 2. The van der Waals surface area contributed by atoms with E-state index in [2.05, 4.69) is 15.1 Å². The van der Waals surface area contributed by atoms with Crippen molar-refractivity contribution < 1.29 is 5.11 Å². The summed E-state index contributed by atoms with van der Waals surface area (Å²) >= 11 is 1.60. The molecule has 4 N–H and O–H groups in total. The van der Waals surface area contributed by atoms with Crippen LogP contribution in [0.2, 0.25) is 0 Å². The largest absolute Gasteiger partial charge is 0.394 e. The Hall–Kier alpha value is -2.64. The number of aromatic amines is 1. The Morgan fingerprint density at radius 1 is 1.22 bits per heavy atom. The summed E-state index contributed by atoms with van der Waals surface area (Å²) in [6.45, 7) is 0.333. The second kappa shape index (κ2) is 5.53. The lowest BCUT2D eigenvalue weighted by Crippen LogP contribution is -2.07. The molecule has 0 amide bonds. The van der Waals surface area contributed by atoms with Gasteiger partial charge in [-0.1, -0.05) is 18.2 Å². The van der Waals surface area contributed by atoms with Crippen LogP contribution in [0.15, 0.2) is 41.8 Å². The third-order valence-corrected chi connectivity index (χ3v) is 4.56. The molecule has 3 heterocycles. The molecule has 116 valence electrons. The highest BCUT2D eigenvalue weighted by molar-refractivity contribution is 7.13. The molecule has 0 atom stereocenters. The number of H-pyrrole nitrogens is 1. The Morgan fingerprint density at radius 2 is 2.09 bits per heavy atom. The zero-order chi connectivity index (χ0) is 15.8. The van der Waals surface area contributed by atoms with E-state index in [-0.39, 0.29) is 6.61 Å². The van der Waals surface area contributed by atoms with E-state index >= 15 is 0 Å². The number of aliphatic hydroxyl groups is 1. The molecule has 3 aromatic heterocycles. The van der Waals surface area contributed by atoms with Gasteiger partial charge in [-0.2, -0.15) is 5.10 Å². The number of nitrogens with two attached hydrogens (primary N) is 1. The van der Waals surface area contributed by atoms with E-state index in [9.17, 15) is 5.11 Å². The fourth-order valence-corrected chi connectivity index (χ4v) is 3.35. The van der Waals surface area contributed by atoms with Crippen molar-refractivity contribution in [1.29, 1.82) is 0 Å². The van der Waals surface area contributed by atoms with E-state index < -0.39 is 0 Å². The van der Waals surface area contributed by atoms with Gasteiger partial charge in [0.1, 0.15) is 17.3 Å². The van der Waals surface area contributed by atoms with Crippen LogP contribution in [0.3, 0.4) is 0 Å². The average Bonchev–Trinajstić information content (AvgIpc) is 3.26. The minimum absolute atomic E-state index is 0.0185. The Kier molecular flexibility index (Phi) is 3.36. The van der Waals surface area contributed by atoms with Crippen molar-refractivity contribution in [2.24, 2.45) is 0 Å². The summed E-state index contributed by atoms with van der Waals surface area (Å²) in [5, 5.41) is 15.8. The molecule has 0 bridgehead atoms. The first-order chi connectivity index (χ1) is 11.3. The molecular formula is C16H15N5OS. The molecule has 23 heavy (non-hydrogen) atoms. The van der Waals surface area contributed by atoms with Crippen LogP contribution in [0.4, 0.5) is 5.82 Å². The van der Waals surface area contributed by atoms with Gasteiger partial charge in [-0.3, -0.25) is 0 Å². The Balaban J connectivity index is 1.95. The predicted octanol–water partition coefficient (Wildman–Crippen LogP) is 2.73. The van der Waals surface area contributed by atoms with Gasteiger partial charge in [0.05, 0.1) is 34.6 Å². The summed E-state index contributed by atoms with van der Waals surface area (Å²) < 4.78 is 1.62. The maximum absolute atomic E-state index is 9.22. The number of hydrogen-bond acceptors (Lipinski definition) is 5. The van der Waals surface area contributed by atoms with E-state index in [1.54, 1.807) is 16.0 Å². The van der Waals surface area contributed by atoms with Crippen molar-refractivity contribution in [1.82, 2.24) is 19.7 Å². The van der Waals surface area contributed by atoms with Crippen LogP contribution in [0.5, 0.6) is 0 Å². The molecule has 0 unspecified atom stereocenters. The van der Waals surface area contributed by atoms with Gasteiger partial charge in [0.15, 0.2) is 0 Å². The van der Waals surface area contributed by atoms with Crippen molar-refractivity contribution in [3.8, 4) is 22.0 Å². The van der Waals surface area contributed by atoms with E-state index in [1.807, 2.05) is 41.8 Å². The van der Waals surface area contributed by atoms with E-state index in [0.29, 0.717) is 18.2 Å². The van der Waals surface area contributed by atoms with Crippen LogP contribution < -0.4 is 5.73 Å². The summed E-state index contributed by atoms with van der Waals surface area (Å²) in [7, 11) is 0. The van der Waals surface area contributed by atoms with Gasteiger partial charge in [0, 0.05) is 0 Å². The van der Waals surface area contributed by atoms with Crippen molar-refractivity contribution in [3.63, 3.8) is 0 Å².